The minimum Gasteiger partial charge on any atom is -0.330 e. The number of rotatable bonds is 8. The second kappa shape index (κ2) is 9.79. The van der Waals surface area contributed by atoms with Crippen LogP contribution in [0.15, 0.2) is 59.5 Å². The minimum atomic E-state index is -3.53. The number of aryl methyl sites for hydroxylation is 1. The Hall–Kier alpha value is -1.40. The van der Waals surface area contributed by atoms with Crippen LogP contribution < -0.4 is 5.73 Å². The van der Waals surface area contributed by atoms with Gasteiger partial charge in [-0.15, -0.1) is 12.4 Å². The molecule has 0 fully saturated rings. The molecule has 2 aromatic rings. The van der Waals surface area contributed by atoms with Crippen LogP contribution in [-0.2, 0) is 23.0 Å². The first-order valence-electron chi connectivity index (χ1n) is 7.91. The molecule has 2 rings (SSSR count). The van der Waals surface area contributed by atoms with Gasteiger partial charge in [0.2, 0.25) is 10.0 Å². The van der Waals surface area contributed by atoms with Crippen molar-refractivity contribution >= 4 is 22.4 Å². The Morgan fingerprint density at radius 1 is 1.00 bits per heavy atom. The molecule has 0 aliphatic rings. The van der Waals surface area contributed by atoms with Gasteiger partial charge < -0.3 is 5.73 Å². The van der Waals surface area contributed by atoms with E-state index in [9.17, 15) is 8.42 Å². The van der Waals surface area contributed by atoms with Crippen molar-refractivity contribution in [2.75, 3.05) is 13.1 Å². The van der Waals surface area contributed by atoms with E-state index < -0.39 is 10.0 Å². The first-order chi connectivity index (χ1) is 11.1. The van der Waals surface area contributed by atoms with Crippen LogP contribution in [0.5, 0.6) is 0 Å². The molecule has 4 nitrogen and oxygen atoms in total. The smallest absolute Gasteiger partial charge is 0.243 e. The fourth-order valence-corrected chi connectivity index (χ4v) is 3.95. The number of hydrogen-bond donors (Lipinski definition) is 1. The van der Waals surface area contributed by atoms with Crippen LogP contribution >= 0.6 is 12.4 Å². The Kier molecular flexibility index (Phi) is 8.42. The van der Waals surface area contributed by atoms with Crippen molar-refractivity contribution in [2.45, 2.75) is 31.2 Å². The van der Waals surface area contributed by atoms with Crippen molar-refractivity contribution in [1.82, 2.24) is 4.31 Å². The third-order valence-corrected chi connectivity index (χ3v) is 5.60. The molecule has 0 amide bonds. The van der Waals surface area contributed by atoms with Crippen molar-refractivity contribution in [2.24, 2.45) is 5.73 Å². The SMILES string of the molecule is CCc1cccc(S(=O)(=O)N(CCCN)Cc2ccccc2)c1.Cl. The Morgan fingerprint density at radius 2 is 1.67 bits per heavy atom. The topological polar surface area (TPSA) is 63.4 Å². The van der Waals surface area contributed by atoms with Gasteiger partial charge in [0, 0.05) is 13.1 Å². The summed E-state index contributed by atoms with van der Waals surface area (Å²) >= 11 is 0. The minimum absolute atomic E-state index is 0. The summed E-state index contributed by atoms with van der Waals surface area (Å²) in [6.45, 7) is 3.27. The quantitative estimate of drug-likeness (QED) is 0.778. The maximum Gasteiger partial charge on any atom is 0.243 e. The van der Waals surface area contributed by atoms with Crippen LogP contribution in [0, 0.1) is 0 Å². The van der Waals surface area contributed by atoms with E-state index in [2.05, 4.69) is 0 Å². The lowest BCUT2D eigenvalue weighted by Gasteiger charge is -2.22. The second-order valence-electron chi connectivity index (χ2n) is 5.47. The zero-order valence-corrected chi connectivity index (χ0v) is 15.5. The maximum absolute atomic E-state index is 13.0. The number of sulfonamides is 1. The van der Waals surface area contributed by atoms with Gasteiger partial charge in [0.05, 0.1) is 4.90 Å². The van der Waals surface area contributed by atoms with Crippen molar-refractivity contribution in [1.29, 1.82) is 0 Å². The molecule has 2 aromatic carbocycles. The lowest BCUT2D eigenvalue weighted by Crippen LogP contribution is -2.32. The molecule has 0 aliphatic carbocycles. The standard InChI is InChI=1S/C18H24N2O2S.ClH/c1-2-16-10-6-11-18(14-16)23(21,22)20(13-7-12-19)15-17-8-4-3-5-9-17;/h3-6,8-11,14H,2,7,12-13,15,19H2,1H3;1H. The van der Waals surface area contributed by atoms with E-state index in [1.54, 1.807) is 18.2 Å². The molecule has 6 heteroatoms. The fraction of sp³-hybridized carbons (Fsp3) is 0.333. The average molecular weight is 369 g/mol. The molecule has 0 unspecified atom stereocenters. The zero-order chi connectivity index (χ0) is 16.7. The molecular formula is C18H25ClN2O2S. The summed E-state index contributed by atoms with van der Waals surface area (Å²) in [6.07, 6.45) is 1.45. The predicted molar refractivity (Wildman–Crippen MR) is 101 cm³/mol. The van der Waals surface area contributed by atoms with Crippen LogP contribution in [0.1, 0.15) is 24.5 Å². The molecule has 0 aliphatic heterocycles. The van der Waals surface area contributed by atoms with E-state index in [-0.39, 0.29) is 12.4 Å². The Bertz CT molecular complexity index is 721. The first kappa shape index (κ1) is 20.6. The highest BCUT2D eigenvalue weighted by molar-refractivity contribution is 7.89. The third-order valence-electron chi connectivity index (χ3n) is 3.76. The highest BCUT2D eigenvalue weighted by Crippen LogP contribution is 2.20. The van der Waals surface area contributed by atoms with Crippen molar-refractivity contribution < 1.29 is 8.42 Å². The summed E-state index contributed by atoms with van der Waals surface area (Å²) in [5, 5.41) is 0. The zero-order valence-electron chi connectivity index (χ0n) is 13.9. The van der Waals surface area contributed by atoms with E-state index in [4.69, 9.17) is 5.73 Å². The highest BCUT2D eigenvalue weighted by atomic mass is 35.5. The van der Waals surface area contributed by atoms with Gasteiger partial charge in [-0.25, -0.2) is 8.42 Å². The average Bonchev–Trinajstić information content (AvgIpc) is 2.59. The molecule has 0 bridgehead atoms. The molecular weight excluding hydrogens is 344 g/mol. The number of nitrogens with two attached hydrogens (primary N) is 1. The molecule has 2 N–H and O–H groups in total. The van der Waals surface area contributed by atoms with E-state index in [0.29, 0.717) is 31.0 Å². The lowest BCUT2D eigenvalue weighted by atomic mass is 10.2. The molecule has 0 aromatic heterocycles. The van der Waals surface area contributed by atoms with Gasteiger partial charge in [0.15, 0.2) is 0 Å². The molecule has 0 atom stereocenters. The Balaban J connectivity index is 0.00000288. The van der Waals surface area contributed by atoms with Gasteiger partial charge in [0.25, 0.3) is 0 Å². The van der Waals surface area contributed by atoms with Crippen LogP contribution in [0.4, 0.5) is 0 Å². The van der Waals surface area contributed by atoms with E-state index in [0.717, 1.165) is 17.5 Å². The monoisotopic (exact) mass is 368 g/mol. The maximum atomic E-state index is 13.0. The van der Waals surface area contributed by atoms with Crippen LogP contribution in [-0.4, -0.2) is 25.8 Å². The van der Waals surface area contributed by atoms with Crippen molar-refractivity contribution in [3.8, 4) is 0 Å². The number of benzene rings is 2. The summed E-state index contributed by atoms with van der Waals surface area (Å²) in [6, 6.07) is 16.8. The molecule has 0 saturated heterocycles. The van der Waals surface area contributed by atoms with Crippen LogP contribution in [0.2, 0.25) is 0 Å². The van der Waals surface area contributed by atoms with Gasteiger partial charge in [0.1, 0.15) is 0 Å². The van der Waals surface area contributed by atoms with E-state index in [1.807, 2.05) is 43.3 Å². The van der Waals surface area contributed by atoms with Crippen molar-refractivity contribution in [3.63, 3.8) is 0 Å². The summed E-state index contributed by atoms with van der Waals surface area (Å²) in [4.78, 5) is 0.352. The molecule has 24 heavy (non-hydrogen) atoms. The predicted octanol–water partition coefficient (Wildman–Crippen LogP) is 3.21. The van der Waals surface area contributed by atoms with E-state index >= 15 is 0 Å². The van der Waals surface area contributed by atoms with Crippen molar-refractivity contribution in [3.05, 3.63) is 65.7 Å². The second-order valence-corrected chi connectivity index (χ2v) is 7.41. The third kappa shape index (κ3) is 5.31. The largest absolute Gasteiger partial charge is 0.330 e. The molecule has 132 valence electrons. The fourth-order valence-electron chi connectivity index (χ4n) is 2.41. The number of halogens is 1. The summed E-state index contributed by atoms with van der Waals surface area (Å²) in [5.74, 6) is 0. The van der Waals surface area contributed by atoms with Gasteiger partial charge in [-0.3, -0.25) is 0 Å². The summed E-state index contributed by atoms with van der Waals surface area (Å²) in [7, 11) is -3.53. The van der Waals surface area contributed by atoms with E-state index in [1.165, 1.54) is 4.31 Å². The van der Waals surface area contributed by atoms with Gasteiger partial charge in [-0.1, -0.05) is 49.4 Å². The summed E-state index contributed by atoms with van der Waals surface area (Å²) in [5.41, 5.74) is 7.57. The van der Waals surface area contributed by atoms with Crippen LogP contribution in [0.25, 0.3) is 0 Å². The molecule has 0 radical (unpaired) electrons. The molecule has 0 saturated carbocycles. The van der Waals surface area contributed by atoms with Crippen LogP contribution in [0.3, 0.4) is 0 Å². The number of nitrogens with zero attached hydrogens (tertiary/aromatic N) is 1. The highest BCUT2D eigenvalue weighted by Gasteiger charge is 2.24. The number of hydrogen-bond acceptors (Lipinski definition) is 3. The Morgan fingerprint density at radius 3 is 2.29 bits per heavy atom. The first-order valence-corrected chi connectivity index (χ1v) is 9.35. The van der Waals surface area contributed by atoms with Gasteiger partial charge >= 0.3 is 0 Å². The summed E-state index contributed by atoms with van der Waals surface area (Å²) < 4.78 is 27.5. The van der Waals surface area contributed by atoms with Gasteiger partial charge in [-0.2, -0.15) is 4.31 Å². The molecule has 0 heterocycles. The Labute approximate surface area is 151 Å². The lowest BCUT2D eigenvalue weighted by molar-refractivity contribution is 0.401. The van der Waals surface area contributed by atoms with Gasteiger partial charge in [-0.05, 0) is 42.6 Å². The normalized spacial score (nSPS) is 11.3. The molecule has 0 spiro atoms.